The molecular formula is C19H21N3O2. The maximum absolute atomic E-state index is 12.3. The van der Waals surface area contributed by atoms with E-state index in [0.29, 0.717) is 6.54 Å². The molecule has 0 saturated heterocycles. The van der Waals surface area contributed by atoms with Gasteiger partial charge in [0.1, 0.15) is 6.54 Å². The fourth-order valence-electron chi connectivity index (χ4n) is 2.88. The molecule has 3 rings (SSSR count). The van der Waals surface area contributed by atoms with Crippen molar-refractivity contribution >= 4 is 16.9 Å². The van der Waals surface area contributed by atoms with E-state index in [9.17, 15) is 9.59 Å². The summed E-state index contributed by atoms with van der Waals surface area (Å²) in [6.45, 7) is 0.652. The standard InChI is InChI=1S/C19H21N3O2/c1-21-16-11-5-6-12-17(16)22(19(21)24)14-18(23)20-13-7-10-15-8-3-2-4-9-15/h2-6,8-9,11-12H,7,10,13-14H2,1H3,(H,20,23). The number of benzene rings is 2. The average molecular weight is 323 g/mol. The molecule has 1 N–H and O–H groups in total. The highest BCUT2D eigenvalue weighted by molar-refractivity contribution is 5.80. The first-order valence-corrected chi connectivity index (χ1v) is 8.11. The first-order chi connectivity index (χ1) is 11.7. The minimum atomic E-state index is -0.171. The van der Waals surface area contributed by atoms with Crippen molar-refractivity contribution in [2.45, 2.75) is 19.4 Å². The monoisotopic (exact) mass is 323 g/mol. The van der Waals surface area contributed by atoms with E-state index in [1.807, 2.05) is 42.5 Å². The number of para-hydroxylation sites is 2. The normalized spacial score (nSPS) is 10.9. The predicted molar refractivity (Wildman–Crippen MR) is 95.0 cm³/mol. The lowest BCUT2D eigenvalue weighted by atomic mass is 10.1. The van der Waals surface area contributed by atoms with Gasteiger partial charge in [-0.05, 0) is 30.5 Å². The molecule has 5 nitrogen and oxygen atoms in total. The number of rotatable bonds is 6. The number of carbonyl (C=O) groups excluding carboxylic acids is 1. The first-order valence-electron chi connectivity index (χ1n) is 8.11. The molecule has 0 aliphatic carbocycles. The summed E-state index contributed by atoms with van der Waals surface area (Å²) in [6.07, 6.45) is 1.80. The summed E-state index contributed by atoms with van der Waals surface area (Å²) in [5, 5.41) is 2.89. The Kier molecular flexibility index (Phi) is 4.79. The summed E-state index contributed by atoms with van der Waals surface area (Å²) < 4.78 is 3.08. The number of aryl methyl sites for hydroxylation is 2. The van der Waals surface area contributed by atoms with Crippen LogP contribution in [0.5, 0.6) is 0 Å². The van der Waals surface area contributed by atoms with Crippen molar-refractivity contribution in [3.63, 3.8) is 0 Å². The molecule has 1 amide bonds. The van der Waals surface area contributed by atoms with Gasteiger partial charge in [-0.25, -0.2) is 4.79 Å². The summed E-state index contributed by atoms with van der Waals surface area (Å²) in [5.41, 5.74) is 2.71. The molecule has 0 saturated carbocycles. The molecule has 0 radical (unpaired) electrons. The summed E-state index contributed by atoms with van der Waals surface area (Å²) in [4.78, 5) is 24.4. The Hall–Kier alpha value is -2.82. The van der Waals surface area contributed by atoms with Gasteiger partial charge in [0.25, 0.3) is 0 Å². The maximum atomic E-state index is 12.3. The lowest BCUT2D eigenvalue weighted by molar-refractivity contribution is -0.121. The number of fused-ring (bicyclic) bond motifs is 1. The van der Waals surface area contributed by atoms with Gasteiger partial charge >= 0.3 is 5.69 Å². The molecule has 0 bridgehead atoms. The van der Waals surface area contributed by atoms with Gasteiger partial charge in [-0.3, -0.25) is 13.9 Å². The second-order valence-corrected chi connectivity index (χ2v) is 5.86. The molecular weight excluding hydrogens is 302 g/mol. The van der Waals surface area contributed by atoms with E-state index in [1.165, 1.54) is 10.1 Å². The zero-order chi connectivity index (χ0) is 16.9. The number of amides is 1. The molecule has 1 heterocycles. The molecule has 24 heavy (non-hydrogen) atoms. The summed E-state index contributed by atoms with van der Waals surface area (Å²) in [6, 6.07) is 17.7. The van der Waals surface area contributed by atoms with Crippen LogP contribution in [0.4, 0.5) is 0 Å². The Morgan fingerprint density at radius 2 is 1.67 bits per heavy atom. The Labute approximate surface area is 140 Å². The molecule has 0 aliphatic rings. The topological polar surface area (TPSA) is 56.0 Å². The Bertz CT molecular complexity index is 894. The van der Waals surface area contributed by atoms with Crippen molar-refractivity contribution < 1.29 is 4.79 Å². The SMILES string of the molecule is Cn1c(=O)n(CC(=O)NCCCc2ccccc2)c2ccccc21. The highest BCUT2D eigenvalue weighted by Crippen LogP contribution is 2.11. The van der Waals surface area contributed by atoms with E-state index >= 15 is 0 Å². The van der Waals surface area contributed by atoms with Gasteiger partial charge in [-0.2, -0.15) is 0 Å². The Morgan fingerprint density at radius 3 is 2.42 bits per heavy atom. The zero-order valence-corrected chi connectivity index (χ0v) is 13.7. The minimum absolute atomic E-state index is 0.0471. The van der Waals surface area contributed by atoms with Gasteiger partial charge in [0.15, 0.2) is 0 Å². The highest BCUT2D eigenvalue weighted by atomic mass is 16.2. The van der Waals surface area contributed by atoms with Crippen molar-refractivity contribution in [1.82, 2.24) is 14.5 Å². The first kappa shape index (κ1) is 16.1. The van der Waals surface area contributed by atoms with E-state index < -0.39 is 0 Å². The van der Waals surface area contributed by atoms with Crippen LogP contribution < -0.4 is 11.0 Å². The number of aromatic nitrogens is 2. The van der Waals surface area contributed by atoms with Gasteiger partial charge in [-0.15, -0.1) is 0 Å². The third kappa shape index (κ3) is 3.40. The Balaban J connectivity index is 1.58. The van der Waals surface area contributed by atoms with Crippen LogP contribution in [-0.4, -0.2) is 21.6 Å². The van der Waals surface area contributed by atoms with E-state index in [2.05, 4.69) is 17.4 Å². The summed E-state index contributed by atoms with van der Waals surface area (Å²) in [5.74, 6) is -0.137. The fraction of sp³-hybridized carbons (Fsp3) is 0.263. The van der Waals surface area contributed by atoms with Gasteiger partial charge in [0, 0.05) is 13.6 Å². The molecule has 5 heteroatoms. The van der Waals surface area contributed by atoms with Crippen molar-refractivity contribution in [3.8, 4) is 0 Å². The third-order valence-corrected chi connectivity index (χ3v) is 4.16. The van der Waals surface area contributed by atoms with Crippen LogP contribution >= 0.6 is 0 Å². The number of nitrogens with zero attached hydrogens (tertiary/aromatic N) is 2. The molecule has 2 aromatic carbocycles. The molecule has 0 unspecified atom stereocenters. The molecule has 1 aromatic heterocycles. The van der Waals surface area contributed by atoms with E-state index in [1.54, 1.807) is 11.6 Å². The van der Waals surface area contributed by atoms with Crippen LogP contribution in [0.3, 0.4) is 0 Å². The van der Waals surface area contributed by atoms with Crippen molar-refractivity contribution in [2.24, 2.45) is 7.05 Å². The zero-order valence-electron chi connectivity index (χ0n) is 13.7. The number of nitrogens with one attached hydrogen (secondary N) is 1. The van der Waals surface area contributed by atoms with Gasteiger partial charge in [-0.1, -0.05) is 42.5 Å². The largest absolute Gasteiger partial charge is 0.355 e. The van der Waals surface area contributed by atoms with E-state index in [4.69, 9.17) is 0 Å². The molecule has 0 fully saturated rings. The second-order valence-electron chi connectivity index (χ2n) is 5.86. The van der Waals surface area contributed by atoms with E-state index in [0.717, 1.165) is 23.9 Å². The quantitative estimate of drug-likeness (QED) is 0.706. The number of hydrogen-bond donors (Lipinski definition) is 1. The smallest absolute Gasteiger partial charge is 0.329 e. The molecule has 3 aromatic rings. The van der Waals surface area contributed by atoms with E-state index in [-0.39, 0.29) is 18.1 Å². The molecule has 124 valence electrons. The van der Waals surface area contributed by atoms with Crippen molar-refractivity contribution in [1.29, 1.82) is 0 Å². The average Bonchev–Trinajstić information content (AvgIpc) is 2.85. The van der Waals surface area contributed by atoms with Gasteiger partial charge in [0.2, 0.25) is 5.91 Å². The maximum Gasteiger partial charge on any atom is 0.329 e. The summed E-state index contributed by atoms with van der Waals surface area (Å²) in [7, 11) is 1.72. The van der Waals surface area contributed by atoms with Crippen LogP contribution in [0.15, 0.2) is 59.4 Å². The number of carbonyl (C=O) groups is 1. The van der Waals surface area contributed by atoms with Crippen LogP contribution in [0.25, 0.3) is 11.0 Å². The Morgan fingerprint density at radius 1 is 1.00 bits per heavy atom. The van der Waals surface area contributed by atoms with Gasteiger partial charge < -0.3 is 5.32 Å². The molecule has 0 aliphatic heterocycles. The number of imidazole rings is 1. The second kappa shape index (κ2) is 7.17. The minimum Gasteiger partial charge on any atom is -0.355 e. The van der Waals surface area contributed by atoms with Gasteiger partial charge in [0.05, 0.1) is 11.0 Å². The summed E-state index contributed by atoms with van der Waals surface area (Å²) >= 11 is 0. The highest BCUT2D eigenvalue weighted by Gasteiger charge is 2.12. The van der Waals surface area contributed by atoms with Crippen molar-refractivity contribution in [2.75, 3.05) is 6.54 Å². The molecule has 0 spiro atoms. The van der Waals surface area contributed by atoms with Crippen LogP contribution in [0.2, 0.25) is 0 Å². The lowest BCUT2D eigenvalue weighted by Crippen LogP contribution is -2.33. The van der Waals surface area contributed by atoms with Crippen molar-refractivity contribution in [3.05, 3.63) is 70.6 Å². The molecule has 0 atom stereocenters. The lowest BCUT2D eigenvalue weighted by Gasteiger charge is -2.06. The predicted octanol–water partition coefficient (Wildman–Crippen LogP) is 2.09. The van der Waals surface area contributed by atoms with Crippen LogP contribution in [-0.2, 0) is 24.8 Å². The third-order valence-electron chi connectivity index (χ3n) is 4.16. The van der Waals surface area contributed by atoms with Crippen LogP contribution in [0, 0.1) is 0 Å². The van der Waals surface area contributed by atoms with Crippen LogP contribution in [0.1, 0.15) is 12.0 Å². The fourth-order valence-corrected chi connectivity index (χ4v) is 2.88. The number of hydrogen-bond acceptors (Lipinski definition) is 2.